The van der Waals surface area contributed by atoms with Crippen LogP contribution in [0.1, 0.15) is 63.5 Å². The highest BCUT2D eigenvalue weighted by Gasteiger charge is 2.20. The number of nitrogens with one attached hydrogen (secondary N) is 1. The average Bonchev–Trinajstić information content (AvgIpc) is 2.74. The number of ether oxygens (including phenoxy) is 1. The van der Waals surface area contributed by atoms with Gasteiger partial charge in [0.05, 0.1) is 6.61 Å². The Morgan fingerprint density at radius 1 is 1.15 bits per heavy atom. The third-order valence-electron chi connectivity index (χ3n) is 4.49. The van der Waals surface area contributed by atoms with E-state index in [0.29, 0.717) is 6.04 Å². The zero-order valence-electron chi connectivity index (χ0n) is 13.0. The van der Waals surface area contributed by atoms with Gasteiger partial charge in [0.25, 0.3) is 0 Å². The fraction of sp³-hybridized carbons (Fsp3) is 0.667. The second-order valence-electron chi connectivity index (χ2n) is 5.91. The average molecular weight is 275 g/mol. The van der Waals surface area contributed by atoms with Gasteiger partial charge in [-0.25, -0.2) is 0 Å². The summed E-state index contributed by atoms with van der Waals surface area (Å²) in [7, 11) is 2.07. The first-order chi connectivity index (χ1) is 9.85. The first kappa shape index (κ1) is 15.4. The van der Waals surface area contributed by atoms with Gasteiger partial charge in [0.15, 0.2) is 0 Å². The molecule has 1 saturated carbocycles. The minimum absolute atomic E-state index is 0.417. The molecule has 2 heteroatoms. The lowest BCUT2D eigenvalue weighted by molar-refractivity contribution is 0.320. The van der Waals surface area contributed by atoms with Crippen molar-refractivity contribution >= 4 is 0 Å². The predicted octanol–water partition coefficient (Wildman–Crippen LogP) is 4.71. The molecule has 1 aromatic carbocycles. The van der Waals surface area contributed by atoms with Crippen LogP contribution >= 0.6 is 0 Å². The van der Waals surface area contributed by atoms with Crippen LogP contribution in [-0.2, 0) is 0 Å². The summed E-state index contributed by atoms with van der Waals surface area (Å²) in [6.45, 7) is 2.79. The van der Waals surface area contributed by atoms with Crippen molar-refractivity contribution in [2.75, 3.05) is 13.7 Å². The standard InChI is InChI=1S/C18H29NO/c1-3-20-18-13-9-8-12-16(18)17(19-2)14-15-10-6-4-5-7-11-15/h8-9,12-13,15,17,19H,3-7,10-11,14H2,1-2H3. The Morgan fingerprint density at radius 2 is 1.85 bits per heavy atom. The van der Waals surface area contributed by atoms with Gasteiger partial charge in [-0.05, 0) is 32.4 Å². The number of benzene rings is 1. The van der Waals surface area contributed by atoms with Crippen molar-refractivity contribution in [3.8, 4) is 5.75 Å². The van der Waals surface area contributed by atoms with Gasteiger partial charge >= 0.3 is 0 Å². The Bertz CT molecular complexity index is 383. The summed E-state index contributed by atoms with van der Waals surface area (Å²) >= 11 is 0. The van der Waals surface area contributed by atoms with Gasteiger partial charge in [0, 0.05) is 11.6 Å². The highest BCUT2D eigenvalue weighted by Crippen LogP contribution is 2.34. The van der Waals surface area contributed by atoms with E-state index >= 15 is 0 Å². The summed E-state index contributed by atoms with van der Waals surface area (Å²) < 4.78 is 5.79. The van der Waals surface area contributed by atoms with Crippen LogP contribution in [0.25, 0.3) is 0 Å². The van der Waals surface area contributed by atoms with Crippen molar-refractivity contribution in [1.29, 1.82) is 0 Å². The summed E-state index contributed by atoms with van der Waals surface area (Å²) in [5, 5.41) is 3.50. The van der Waals surface area contributed by atoms with Crippen LogP contribution in [0.4, 0.5) is 0 Å². The van der Waals surface area contributed by atoms with E-state index in [1.54, 1.807) is 0 Å². The Balaban J connectivity index is 2.06. The van der Waals surface area contributed by atoms with Gasteiger partial charge in [-0.15, -0.1) is 0 Å². The van der Waals surface area contributed by atoms with Crippen LogP contribution in [-0.4, -0.2) is 13.7 Å². The van der Waals surface area contributed by atoms with E-state index in [-0.39, 0.29) is 0 Å². The first-order valence-corrected chi connectivity index (χ1v) is 8.24. The quantitative estimate of drug-likeness (QED) is 0.759. The third kappa shape index (κ3) is 4.24. The van der Waals surface area contributed by atoms with Crippen LogP contribution in [0, 0.1) is 5.92 Å². The molecule has 1 aromatic rings. The van der Waals surface area contributed by atoms with Gasteiger partial charge in [-0.1, -0.05) is 56.7 Å². The van der Waals surface area contributed by atoms with Crippen LogP contribution < -0.4 is 10.1 Å². The van der Waals surface area contributed by atoms with Gasteiger partial charge in [0.1, 0.15) is 5.75 Å². The Kier molecular flexibility index (Phi) is 6.38. The maximum absolute atomic E-state index is 5.79. The first-order valence-electron chi connectivity index (χ1n) is 8.24. The molecule has 112 valence electrons. The molecule has 2 rings (SSSR count). The summed E-state index contributed by atoms with van der Waals surface area (Å²) in [6, 6.07) is 8.90. The second-order valence-corrected chi connectivity index (χ2v) is 5.91. The van der Waals surface area contributed by atoms with Crippen molar-refractivity contribution in [3.63, 3.8) is 0 Å². The highest BCUT2D eigenvalue weighted by atomic mass is 16.5. The van der Waals surface area contributed by atoms with Crippen LogP contribution in [0.15, 0.2) is 24.3 Å². The van der Waals surface area contributed by atoms with Gasteiger partial charge in [-0.3, -0.25) is 0 Å². The van der Waals surface area contributed by atoms with E-state index in [1.807, 2.05) is 0 Å². The fourth-order valence-electron chi connectivity index (χ4n) is 3.39. The molecular weight excluding hydrogens is 246 g/mol. The van der Waals surface area contributed by atoms with Crippen LogP contribution in [0.5, 0.6) is 5.75 Å². The highest BCUT2D eigenvalue weighted by molar-refractivity contribution is 5.36. The summed E-state index contributed by atoms with van der Waals surface area (Å²) in [5.41, 5.74) is 1.32. The van der Waals surface area contributed by atoms with Gasteiger partial charge in [0.2, 0.25) is 0 Å². The molecule has 1 aliphatic rings. The molecular formula is C18H29NO. The molecule has 1 N–H and O–H groups in total. The fourth-order valence-corrected chi connectivity index (χ4v) is 3.39. The maximum atomic E-state index is 5.79. The molecule has 0 aromatic heterocycles. The molecule has 0 saturated heterocycles. The van der Waals surface area contributed by atoms with E-state index < -0.39 is 0 Å². The molecule has 0 radical (unpaired) electrons. The Morgan fingerprint density at radius 3 is 2.50 bits per heavy atom. The Hall–Kier alpha value is -1.02. The van der Waals surface area contributed by atoms with Crippen LogP contribution in [0.3, 0.4) is 0 Å². The molecule has 2 nitrogen and oxygen atoms in total. The SMILES string of the molecule is CCOc1ccccc1C(CC1CCCCCC1)NC. The van der Waals surface area contributed by atoms with E-state index in [2.05, 4.69) is 43.6 Å². The summed E-state index contributed by atoms with van der Waals surface area (Å²) in [5.74, 6) is 1.91. The van der Waals surface area contributed by atoms with Gasteiger partial charge < -0.3 is 10.1 Å². The number of hydrogen-bond donors (Lipinski definition) is 1. The Labute approximate surface area is 123 Å². The summed E-state index contributed by atoms with van der Waals surface area (Å²) in [6.07, 6.45) is 9.71. The van der Waals surface area contributed by atoms with Crippen LogP contribution in [0.2, 0.25) is 0 Å². The van der Waals surface area contributed by atoms with E-state index in [0.717, 1.165) is 18.3 Å². The molecule has 1 aliphatic carbocycles. The minimum Gasteiger partial charge on any atom is -0.494 e. The topological polar surface area (TPSA) is 21.3 Å². The molecule has 1 unspecified atom stereocenters. The van der Waals surface area contributed by atoms with E-state index in [9.17, 15) is 0 Å². The smallest absolute Gasteiger partial charge is 0.124 e. The number of rotatable bonds is 6. The third-order valence-corrected chi connectivity index (χ3v) is 4.49. The molecule has 0 amide bonds. The lowest BCUT2D eigenvalue weighted by Crippen LogP contribution is -2.20. The molecule has 20 heavy (non-hydrogen) atoms. The lowest BCUT2D eigenvalue weighted by atomic mass is 9.89. The van der Waals surface area contributed by atoms with Crippen molar-refractivity contribution < 1.29 is 4.74 Å². The van der Waals surface area contributed by atoms with Crippen molar-refractivity contribution in [3.05, 3.63) is 29.8 Å². The lowest BCUT2D eigenvalue weighted by Gasteiger charge is -2.24. The minimum atomic E-state index is 0.417. The predicted molar refractivity (Wildman–Crippen MR) is 85.2 cm³/mol. The van der Waals surface area contributed by atoms with Crippen molar-refractivity contribution in [1.82, 2.24) is 5.32 Å². The molecule has 0 spiro atoms. The van der Waals surface area contributed by atoms with Gasteiger partial charge in [-0.2, -0.15) is 0 Å². The van der Waals surface area contributed by atoms with E-state index in [1.165, 1.54) is 50.5 Å². The second kappa shape index (κ2) is 8.31. The maximum Gasteiger partial charge on any atom is 0.124 e. The number of para-hydroxylation sites is 1. The molecule has 0 aliphatic heterocycles. The largest absolute Gasteiger partial charge is 0.494 e. The monoisotopic (exact) mass is 275 g/mol. The zero-order chi connectivity index (χ0) is 14.2. The van der Waals surface area contributed by atoms with Crippen molar-refractivity contribution in [2.24, 2.45) is 5.92 Å². The number of hydrogen-bond acceptors (Lipinski definition) is 2. The zero-order valence-corrected chi connectivity index (χ0v) is 13.0. The molecule has 0 bridgehead atoms. The molecule has 1 fully saturated rings. The van der Waals surface area contributed by atoms with Crippen molar-refractivity contribution in [2.45, 2.75) is 57.9 Å². The van der Waals surface area contributed by atoms with E-state index in [4.69, 9.17) is 4.74 Å². The molecule has 0 heterocycles. The summed E-state index contributed by atoms with van der Waals surface area (Å²) in [4.78, 5) is 0. The molecule has 1 atom stereocenters. The normalized spacial score (nSPS) is 18.5.